The molecule has 0 bridgehead atoms. The zero-order valence-corrected chi connectivity index (χ0v) is 11.0. The van der Waals surface area contributed by atoms with E-state index in [1.54, 1.807) is 6.07 Å². The van der Waals surface area contributed by atoms with Gasteiger partial charge in [-0.05, 0) is 12.8 Å². The van der Waals surface area contributed by atoms with Gasteiger partial charge in [0, 0.05) is 18.2 Å². The molecule has 7 nitrogen and oxygen atoms in total. The highest BCUT2D eigenvalue weighted by atomic mass is 32.2. The van der Waals surface area contributed by atoms with Gasteiger partial charge < -0.3 is 5.11 Å². The van der Waals surface area contributed by atoms with Crippen molar-refractivity contribution in [3.8, 4) is 0 Å². The molecule has 0 aliphatic rings. The number of aromatic amines is 1. The second-order valence-electron chi connectivity index (χ2n) is 3.95. The van der Waals surface area contributed by atoms with E-state index < -0.39 is 16.0 Å². The summed E-state index contributed by atoms with van der Waals surface area (Å²) in [5.74, 6) is -0.987. The quantitative estimate of drug-likeness (QED) is 0.654. The summed E-state index contributed by atoms with van der Waals surface area (Å²) in [7, 11) is -3.53. The Labute approximate surface area is 106 Å². The summed E-state index contributed by atoms with van der Waals surface area (Å²) in [6, 6.07) is 1.64. The number of carbonyl (C=O) groups is 1. The Morgan fingerprint density at radius 2 is 2.28 bits per heavy atom. The Balaban J connectivity index is 2.50. The van der Waals surface area contributed by atoms with E-state index in [0.717, 1.165) is 18.5 Å². The predicted molar refractivity (Wildman–Crippen MR) is 66.9 cm³/mol. The number of nitrogens with one attached hydrogen (secondary N) is 2. The van der Waals surface area contributed by atoms with Gasteiger partial charge in [0.15, 0.2) is 5.82 Å². The number of carboxylic acid groups (broad SMARTS) is 1. The first-order valence-electron chi connectivity index (χ1n) is 5.69. The van der Waals surface area contributed by atoms with Crippen molar-refractivity contribution in [3.63, 3.8) is 0 Å². The molecule has 1 heterocycles. The molecule has 0 atom stereocenters. The van der Waals surface area contributed by atoms with E-state index >= 15 is 0 Å². The Kier molecular flexibility index (Phi) is 5.14. The number of rotatable bonds is 8. The highest BCUT2D eigenvalue weighted by molar-refractivity contribution is 7.92. The monoisotopic (exact) mass is 275 g/mol. The van der Waals surface area contributed by atoms with E-state index in [9.17, 15) is 13.2 Å². The second-order valence-corrected chi connectivity index (χ2v) is 5.79. The van der Waals surface area contributed by atoms with Gasteiger partial charge in [-0.2, -0.15) is 5.10 Å². The van der Waals surface area contributed by atoms with Crippen molar-refractivity contribution in [2.75, 3.05) is 10.5 Å². The minimum absolute atomic E-state index is 0.0803. The number of aryl methyl sites for hydroxylation is 1. The van der Waals surface area contributed by atoms with Gasteiger partial charge in [0.05, 0.1) is 5.75 Å². The summed E-state index contributed by atoms with van der Waals surface area (Å²) in [5.41, 5.74) is 0.862. The Bertz CT molecular complexity index is 495. The highest BCUT2D eigenvalue weighted by Crippen LogP contribution is 2.10. The van der Waals surface area contributed by atoms with Crippen molar-refractivity contribution >= 4 is 21.8 Å². The minimum atomic E-state index is -3.53. The van der Waals surface area contributed by atoms with Crippen LogP contribution in [0, 0.1) is 0 Å². The molecule has 102 valence electrons. The molecular weight excluding hydrogens is 258 g/mol. The van der Waals surface area contributed by atoms with Crippen LogP contribution in [0.3, 0.4) is 0 Å². The second kappa shape index (κ2) is 6.39. The van der Waals surface area contributed by atoms with Gasteiger partial charge in [-0.3, -0.25) is 14.6 Å². The van der Waals surface area contributed by atoms with Crippen LogP contribution in [0.2, 0.25) is 0 Å². The lowest BCUT2D eigenvalue weighted by atomic mass is 10.2. The van der Waals surface area contributed by atoms with Gasteiger partial charge in [-0.15, -0.1) is 0 Å². The molecule has 0 amide bonds. The van der Waals surface area contributed by atoms with E-state index in [-0.39, 0.29) is 24.4 Å². The fourth-order valence-corrected chi connectivity index (χ4v) is 2.48. The molecule has 3 N–H and O–H groups in total. The van der Waals surface area contributed by atoms with Crippen LogP contribution in [0.1, 0.15) is 31.9 Å². The molecule has 0 aromatic carbocycles. The van der Waals surface area contributed by atoms with Crippen molar-refractivity contribution in [3.05, 3.63) is 11.8 Å². The number of hydrogen-bond donors (Lipinski definition) is 3. The molecule has 0 spiro atoms. The fraction of sp³-hybridized carbons (Fsp3) is 0.600. The SMILES string of the molecule is CCCc1cc(NS(=O)(=O)CCCC(=O)O)n[nH]1. The molecule has 0 aliphatic carbocycles. The zero-order valence-electron chi connectivity index (χ0n) is 10.1. The molecule has 8 heteroatoms. The number of sulfonamides is 1. The first kappa shape index (κ1) is 14.5. The molecule has 1 aromatic heterocycles. The lowest BCUT2D eigenvalue weighted by Gasteiger charge is -2.03. The smallest absolute Gasteiger partial charge is 0.303 e. The summed E-state index contributed by atoms with van der Waals surface area (Å²) in [5, 5.41) is 15.0. The van der Waals surface area contributed by atoms with Gasteiger partial charge >= 0.3 is 5.97 Å². The van der Waals surface area contributed by atoms with Crippen LogP contribution in [-0.4, -0.2) is 35.4 Å². The number of carboxylic acids is 1. The Morgan fingerprint density at radius 3 is 2.89 bits per heavy atom. The molecule has 0 unspecified atom stereocenters. The maximum Gasteiger partial charge on any atom is 0.303 e. The summed E-state index contributed by atoms with van der Waals surface area (Å²) in [4.78, 5) is 10.3. The van der Waals surface area contributed by atoms with Crippen molar-refractivity contribution in [1.82, 2.24) is 10.2 Å². The van der Waals surface area contributed by atoms with Crippen LogP contribution in [-0.2, 0) is 21.2 Å². The molecule has 0 saturated heterocycles. The summed E-state index contributed by atoms with van der Waals surface area (Å²) in [6.07, 6.45) is 1.65. The first-order chi connectivity index (χ1) is 8.43. The number of aromatic nitrogens is 2. The number of anilines is 1. The van der Waals surface area contributed by atoms with E-state index in [4.69, 9.17) is 5.11 Å². The largest absolute Gasteiger partial charge is 0.481 e. The Morgan fingerprint density at radius 1 is 1.56 bits per heavy atom. The highest BCUT2D eigenvalue weighted by Gasteiger charge is 2.13. The Hall–Kier alpha value is -1.57. The number of nitrogens with zero attached hydrogens (tertiary/aromatic N) is 1. The lowest BCUT2D eigenvalue weighted by molar-refractivity contribution is -0.137. The number of hydrogen-bond acceptors (Lipinski definition) is 4. The predicted octanol–water partition coefficient (Wildman–Crippen LogP) is 0.969. The maximum absolute atomic E-state index is 11.6. The van der Waals surface area contributed by atoms with E-state index in [0.29, 0.717) is 0 Å². The zero-order chi connectivity index (χ0) is 13.6. The molecule has 0 radical (unpaired) electrons. The third kappa shape index (κ3) is 5.17. The van der Waals surface area contributed by atoms with Crippen LogP contribution in [0.4, 0.5) is 5.82 Å². The maximum atomic E-state index is 11.6. The van der Waals surface area contributed by atoms with Crippen molar-refractivity contribution in [1.29, 1.82) is 0 Å². The van der Waals surface area contributed by atoms with Gasteiger partial charge in [0.25, 0.3) is 0 Å². The van der Waals surface area contributed by atoms with Crippen LogP contribution in [0.15, 0.2) is 6.07 Å². The van der Waals surface area contributed by atoms with Gasteiger partial charge in [0.1, 0.15) is 0 Å². The normalized spacial score (nSPS) is 11.4. The van der Waals surface area contributed by atoms with E-state index in [2.05, 4.69) is 14.9 Å². The van der Waals surface area contributed by atoms with Gasteiger partial charge in [0.2, 0.25) is 10.0 Å². The third-order valence-electron chi connectivity index (χ3n) is 2.21. The van der Waals surface area contributed by atoms with Crippen LogP contribution in [0.25, 0.3) is 0 Å². The average molecular weight is 275 g/mol. The topological polar surface area (TPSA) is 112 Å². The third-order valence-corrected chi connectivity index (χ3v) is 3.56. The molecule has 0 fully saturated rings. The molecule has 1 aromatic rings. The van der Waals surface area contributed by atoms with Crippen molar-refractivity contribution in [2.24, 2.45) is 0 Å². The number of H-pyrrole nitrogens is 1. The summed E-state index contributed by atoms with van der Waals surface area (Å²) < 4.78 is 25.5. The average Bonchev–Trinajstić information content (AvgIpc) is 2.64. The minimum Gasteiger partial charge on any atom is -0.481 e. The summed E-state index contributed by atoms with van der Waals surface area (Å²) >= 11 is 0. The van der Waals surface area contributed by atoms with E-state index in [1.165, 1.54) is 0 Å². The molecular formula is C10H17N3O4S. The standard InChI is InChI=1S/C10H17N3O4S/c1-2-4-8-7-9(12-11-8)13-18(16,17)6-3-5-10(14)15/h7H,2-6H2,1H3,(H,14,15)(H2,11,12,13). The van der Waals surface area contributed by atoms with Crippen LogP contribution < -0.4 is 4.72 Å². The molecule has 0 saturated carbocycles. The fourth-order valence-electron chi connectivity index (χ4n) is 1.44. The van der Waals surface area contributed by atoms with Crippen LogP contribution >= 0.6 is 0 Å². The van der Waals surface area contributed by atoms with Crippen LogP contribution in [0.5, 0.6) is 0 Å². The summed E-state index contributed by atoms with van der Waals surface area (Å²) in [6.45, 7) is 2.01. The van der Waals surface area contributed by atoms with Crippen molar-refractivity contribution < 1.29 is 18.3 Å². The first-order valence-corrected chi connectivity index (χ1v) is 7.34. The lowest BCUT2D eigenvalue weighted by Crippen LogP contribution is -2.17. The number of aliphatic carboxylic acids is 1. The molecule has 1 rings (SSSR count). The molecule has 0 aliphatic heterocycles. The van der Waals surface area contributed by atoms with Crippen molar-refractivity contribution in [2.45, 2.75) is 32.6 Å². The van der Waals surface area contributed by atoms with E-state index in [1.807, 2.05) is 6.92 Å². The van der Waals surface area contributed by atoms with Gasteiger partial charge in [-0.25, -0.2) is 8.42 Å². The van der Waals surface area contributed by atoms with Gasteiger partial charge in [-0.1, -0.05) is 13.3 Å². The molecule has 18 heavy (non-hydrogen) atoms.